The Balaban J connectivity index is 1.44. The van der Waals surface area contributed by atoms with Gasteiger partial charge in [-0.15, -0.1) is 0 Å². The number of carbonyl (C=O) groups is 1. The molecule has 0 spiro atoms. The first-order valence-corrected chi connectivity index (χ1v) is 12.7. The van der Waals surface area contributed by atoms with Gasteiger partial charge in [-0.25, -0.2) is 0 Å². The van der Waals surface area contributed by atoms with Crippen LogP contribution < -0.4 is 9.47 Å². The maximum Gasteiger partial charge on any atom is 0.257 e. The molecule has 0 bridgehead atoms. The molecule has 2 saturated heterocycles. The molecule has 1 aromatic carbocycles. The number of rotatable bonds is 9. The highest BCUT2D eigenvalue weighted by atomic mass is 16.5. The van der Waals surface area contributed by atoms with E-state index in [4.69, 9.17) is 14.2 Å². The number of benzene rings is 1. The smallest absolute Gasteiger partial charge is 0.257 e. The van der Waals surface area contributed by atoms with Gasteiger partial charge in [-0.05, 0) is 63.1 Å². The van der Waals surface area contributed by atoms with Crippen molar-refractivity contribution < 1.29 is 19.0 Å². The number of carbonyl (C=O) groups excluding carboxylic acids is 1. The van der Waals surface area contributed by atoms with Crippen LogP contribution in [0.3, 0.4) is 0 Å². The second-order valence-electron chi connectivity index (χ2n) is 9.54. The highest BCUT2D eigenvalue weighted by Gasteiger charge is 2.30. The summed E-state index contributed by atoms with van der Waals surface area (Å²) in [6, 6.07) is 6.41. The average molecular weight is 445 g/mol. The summed E-state index contributed by atoms with van der Waals surface area (Å²) in [5.41, 5.74) is 0.606. The van der Waals surface area contributed by atoms with Gasteiger partial charge in [-0.3, -0.25) is 4.79 Å². The van der Waals surface area contributed by atoms with Crippen LogP contribution in [-0.4, -0.2) is 73.9 Å². The summed E-state index contributed by atoms with van der Waals surface area (Å²) >= 11 is 0. The van der Waals surface area contributed by atoms with Crippen molar-refractivity contribution >= 4 is 5.91 Å². The van der Waals surface area contributed by atoms with E-state index >= 15 is 0 Å². The van der Waals surface area contributed by atoms with E-state index in [1.165, 1.54) is 25.7 Å². The molecule has 0 radical (unpaired) electrons. The summed E-state index contributed by atoms with van der Waals surface area (Å²) in [7, 11) is 1.64. The van der Waals surface area contributed by atoms with E-state index in [2.05, 4.69) is 11.8 Å². The number of methoxy groups -OCH3 is 1. The molecule has 178 valence electrons. The van der Waals surface area contributed by atoms with Crippen molar-refractivity contribution in [3.05, 3.63) is 23.8 Å². The Kier molecular flexibility index (Phi) is 8.31. The van der Waals surface area contributed by atoms with Gasteiger partial charge in [0.15, 0.2) is 0 Å². The van der Waals surface area contributed by atoms with Gasteiger partial charge in [-0.2, -0.15) is 0 Å². The third kappa shape index (κ3) is 5.76. The number of hydrogen-bond donors (Lipinski definition) is 0. The molecular weight excluding hydrogens is 404 g/mol. The van der Waals surface area contributed by atoms with Crippen LogP contribution in [0.4, 0.5) is 0 Å². The SMILES string of the molecule is CCCN(C[C@@H]1CCCO1)C(=O)c1cc(OC)ccc1OC1CCN(C2CCCC2)CC1. The minimum absolute atomic E-state index is 0.0136. The predicted octanol–water partition coefficient (Wildman–Crippen LogP) is 4.51. The molecule has 1 amide bonds. The van der Waals surface area contributed by atoms with Crippen molar-refractivity contribution in [1.29, 1.82) is 0 Å². The molecule has 6 heteroatoms. The van der Waals surface area contributed by atoms with Crippen molar-refractivity contribution in [2.75, 3.05) is 39.9 Å². The maximum atomic E-state index is 13.6. The largest absolute Gasteiger partial charge is 0.497 e. The summed E-state index contributed by atoms with van der Waals surface area (Å²) < 4.78 is 17.7. The molecule has 3 aliphatic rings. The first-order valence-electron chi connectivity index (χ1n) is 12.7. The molecule has 0 unspecified atom stereocenters. The summed E-state index contributed by atoms with van der Waals surface area (Å²) in [5, 5.41) is 0. The molecule has 1 saturated carbocycles. The Morgan fingerprint density at radius 3 is 2.56 bits per heavy atom. The minimum atomic E-state index is 0.0136. The molecule has 2 aliphatic heterocycles. The lowest BCUT2D eigenvalue weighted by molar-refractivity contribution is 0.0511. The van der Waals surface area contributed by atoms with Crippen LogP contribution in [0.1, 0.15) is 75.1 Å². The fraction of sp³-hybridized carbons (Fsp3) is 0.731. The minimum Gasteiger partial charge on any atom is -0.497 e. The number of nitrogens with zero attached hydrogens (tertiary/aromatic N) is 2. The first kappa shape index (κ1) is 23.4. The van der Waals surface area contributed by atoms with E-state index in [1.807, 2.05) is 23.1 Å². The van der Waals surface area contributed by atoms with E-state index in [-0.39, 0.29) is 18.1 Å². The highest BCUT2D eigenvalue weighted by molar-refractivity contribution is 5.97. The molecule has 6 nitrogen and oxygen atoms in total. The van der Waals surface area contributed by atoms with Gasteiger partial charge in [0.1, 0.15) is 17.6 Å². The van der Waals surface area contributed by atoms with Gasteiger partial charge >= 0.3 is 0 Å². The second kappa shape index (κ2) is 11.4. The van der Waals surface area contributed by atoms with Gasteiger partial charge < -0.3 is 24.0 Å². The average Bonchev–Trinajstić information content (AvgIpc) is 3.54. The van der Waals surface area contributed by atoms with Gasteiger partial charge in [0.2, 0.25) is 0 Å². The van der Waals surface area contributed by atoms with Gasteiger partial charge in [-0.1, -0.05) is 19.8 Å². The standard InChI is InChI=1S/C26H40N2O4/c1-3-14-28(19-23-9-6-17-31-23)26(29)24-18-22(30-2)10-11-25(24)32-21-12-15-27(16-13-21)20-7-4-5-8-20/h10-11,18,20-21,23H,3-9,12-17,19H2,1-2H3/t23-/m0/s1. The molecule has 0 N–H and O–H groups in total. The quantitative estimate of drug-likeness (QED) is 0.561. The van der Waals surface area contributed by atoms with Crippen molar-refractivity contribution in [2.45, 2.75) is 83.0 Å². The van der Waals surface area contributed by atoms with E-state index < -0.39 is 0 Å². The van der Waals surface area contributed by atoms with E-state index in [0.717, 1.165) is 64.4 Å². The topological polar surface area (TPSA) is 51.2 Å². The monoisotopic (exact) mass is 444 g/mol. The summed E-state index contributed by atoms with van der Waals surface area (Å²) in [5.74, 6) is 1.38. The Morgan fingerprint density at radius 1 is 1.12 bits per heavy atom. The zero-order valence-electron chi connectivity index (χ0n) is 19.9. The summed E-state index contributed by atoms with van der Waals surface area (Å²) in [6.45, 7) is 6.45. The normalized spacial score (nSPS) is 22.9. The summed E-state index contributed by atoms with van der Waals surface area (Å²) in [4.78, 5) is 18.2. The maximum absolute atomic E-state index is 13.6. The van der Waals surface area contributed by atoms with Crippen LogP contribution in [0, 0.1) is 0 Å². The van der Waals surface area contributed by atoms with Crippen LogP contribution in [-0.2, 0) is 4.74 Å². The van der Waals surface area contributed by atoms with Crippen LogP contribution in [0.2, 0.25) is 0 Å². The molecule has 3 fully saturated rings. The lowest BCUT2D eigenvalue weighted by Crippen LogP contribution is -2.43. The van der Waals surface area contributed by atoms with Crippen LogP contribution in [0.5, 0.6) is 11.5 Å². The molecule has 2 heterocycles. The van der Waals surface area contributed by atoms with Crippen LogP contribution in [0.25, 0.3) is 0 Å². The number of amides is 1. The lowest BCUT2D eigenvalue weighted by Gasteiger charge is -2.36. The van der Waals surface area contributed by atoms with Crippen LogP contribution >= 0.6 is 0 Å². The molecule has 1 aromatic rings. The fourth-order valence-corrected chi connectivity index (χ4v) is 5.46. The van der Waals surface area contributed by atoms with E-state index in [1.54, 1.807) is 7.11 Å². The first-order chi connectivity index (χ1) is 15.7. The van der Waals surface area contributed by atoms with Crippen molar-refractivity contribution in [3.8, 4) is 11.5 Å². The fourth-order valence-electron chi connectivity index (χ4n) is 5.46. The third-order valence-electron chi connectivity index (χ3n) is 7.26. The Morgan fingerprint density at radius 2 is 1.91 bits per heavy atom. The molecule has 32 heavy (non-hydrogen) atoms. The third-order valence-corrected chi connectivity index (χ3v) is 7.26. The molecule has 0 aromatic heterocycles. The van der Waals surface area contributed by atoms with Crippen molar-refractivity contribution in [2.24, 2.45) is 0 Å². The zero-order chi connectivity index (χ0) is 22.3. The lowest BCUT2D eigenvalue weighted by atomic mass is 10.0. The number of hydrogen-bond acceptors (Lipinski definition) is 5. The van der Waals surface area contributed by atoms with Gasteiger partial charge in [0.25, 0.3) is 5.91 Å². The van der Waals surface area contributed by atoms with E-state index in [0.29, 0.717) is 23.6 Å². The summed E-state index contributed by atoms with van der Waals surface area (Å²) in [6.07, 6.45) is 10.8. The molecule has 4 rings (SSSR count). The Bertz CT molecular complexity index is 735. The van der Waals surface area contributed by atoms with Crippen LogP contribution in [0.15, 0.2) is 18.2 Å². The second-order valence-corrected chi connectivity index (χ2v) is 9.54. The highest BCUT2D eigenvalue weighted by Crippen LogP contribution is 2.31. The number of piperidine rings is 1. The Hall–Kier alpha value is -1.79. The predicted molar refractivity (Wildman–Crippen MR) is 126 cm³/mol. The molecule has 1 atom stereocenters. The Labute approximate surface area is 193 Å². The molecule has 1 aliphatic carbocycles. The van der Waals surface area contributed by atoms with Gasteiger partial charge in [0.05, 0.1) is 18.8 Å². The van der Waals surface area contributed by atoms with Gasteiger partial charge in [0, 0.05) is 38.8 Å². The number of ether oxygens (including phenoxy) is 3. The number of likely N-dealkylation sites (tertiary alicyclic amines) is 1. The van der Waals surface area contributed by atoms with Crippen molar-refractivity contribution in [1.82, 2.24) is 9.80 Å². The van der Waals surface area contributed by atoms with E-state index in [9.17, 15) is 4.79 Å². The van der Waals surface area contributed by atoms with Crippen molar-refractivity contribution in [3.63, 3.8) is 0 Å². The zero-order valence-corrected chi connectivity index (χ0v) is 19.9. The molecular formula is C26H40N2O4.